The topological polar surface area (TPSA) is 79.9 Å². The molecule has 3 aromatic carbocycles. The van der Waals surface area contributed by atoms with E-state index in [2.05, 4.69) is 23.5 Å². The second kappa shape index (κ2) is 9.81. The molecule has 0 amide bonds. The lowest BCUT2D eigenvalue weighted by Crippen LogP contribution is -2.36. The first-order valence-electron chi connectivity index (χ1n) is 12.4. The lowest BCUT2D eigenvalue weighted by atomic mass is 9.92. The first kappa shape index (κ1) is 23.4. The van der Waals surface area contributed by atoms with Gasteiger partial charge in [0.05, 0.1) is 31.4 Å². The van der Waals surface area contributed by atoms with Gasteiger partial charge in [-0.25, -0.2) is 4.98 Å². The van der Waals surface area contributed by atoms with Gasteiger partial charge in [-0.15, -0.1) is 11.3 Å². The summed E-state index contributed by atoms with van der Waals surface area (Å²) in [6, 6.07) is 24.2. The quantitative estimate of drug-likeness (QED) is 0.335. The molecule has 0 spiro atoms. The molecule has 1 N–H and O–H groups in total. The van der Waals surface area contributed by atoms with Crippen LogP contribution in [0.15, 0.2) is 77.9 Å². The number of fused-ring (bicyclic) bond motifs is 4. The van der Waals surface area contributed by atoms with Crippen molar-refractivity contribution in [3.05, 3.63) is 105 Å². The molecule has 6 nitrogen and oxygen atoms in total. The van der Waals surface area contributed by atoms with Gasteiger partial charge in [0.2, 0.25) is 0 Å². The van der Waals surface area contributed by atoms with Crippen LogP contribution in [-0.2, 0) is 19.4 Å². The summed E-state index contributed by atoms with van der Waals surface area (Å²) in [5, 5.41) is 16.2. The predicted molar refractivity (Wildman–Crippen MR) is 147 cm³/mol. The van der Waals surface area contributed by atoms with E-state index in [0.717, 1.165) is 62.7 Å². The number of aromatic nitrogens is 2. The van der Waals surface area contributed by atoms with Gasteiger partial charge in [-0.3, -0.25) is 14.7 Å². The summed E-state index contributed by atoms with van der Waals surface area (Å²) in [4.78, 5) is 20.4. The van der Waals surface area contributed by atoms with E-state index in [4.69, 9.17) is 9.72 Å². The summed E-state index contributed by atoms with van der Waals surface area (Å²) in [5.74, 6) is 0.762. The van der Waals surface area contributed by atoms with Crippen molar-refractivity contribution < 1.29 is 4.74 Å². The average Bonchev–Trinajstić information content (AvgIpc) is 3.32. The van der Waals surface area contributed by atoms with E-state index in [1.165, 1.54) is 4.88 Å². The second-order valence-corrected chi connectivity index (χ2v) is 10.5. The summed E-state index contributed by atoms with van der Waals surface area (Å²) in [7, 11) is 1.66. The number of aryl methyl sites for hydroxylation is 1. The highest BCUT2D eigenvalue weighted by atomic mass is 32.1. The van der Waals surface area contributed by atoms with Gasteiger partial charge in [0.25, 0.3) is 5.56 Å². The molecule has 1 aliphatic rings. The van der Waals surface area contributed by atoms with Gasteiger partial charge < -0.3 is 4.74 Å². The Balaban J connectivity index is 1.31. The van der Waals surface area contributed by atoms with Crippen LogP contribution in [0.3, 0.4) is 0 Å². The van der Waals surface area contributed by atoms with Crippen LogP contribution in [0, 0.1) is 11.3 Å². The van der Waals surface area contributed by atoms with Gasteiger partial charge in [0, 0.05) is 16.5 Å². The molecule has 0 aliphatic heterocycles. The molecule has 1 aliphatic carbocycles. The van der Waals surface area contributed by atoms with Crippen molar-refractivity contribution >= 4 is 32.3 Å². The Morgan fingerprint density at radius 2 is 1.97 bits per heavy atom. The molecular formula is C30H26N4O2S. The number of thiophene rings is 1. The van der Waals surface area contributed by atoms with Gasteiger partial charge >= 0.3 is 0 Å². The number of ether oxygens (including phenoxy) is 1. The van der Waals surface area contributed by atoms with Crippen molar-refractivity contribution in [2.75, 3.05) is 7.11 Å². The fourth-order valence-electron chi connectivity index (χ4n) is 5.39. The zero-order valence-corrected chi connectivity index (χ0v) is 21.3. The number of methoxy groups -OCH3 is 1. The smallest absolute Gasteiger partial charge is 0.262 e. The van der Waals surface area contributed by atoms with Crippen molar-refractivity contribution in [1.29, 1.82) is 5.26 Å². The number of benzene rings is 3. The molecule has 7 heteroatoms. The van der Waals surface area contributed by atoms with Gasteiger partial charge in [-0.2, -0.15) is 5.26 Å². The van der Waals surface area contributed by atoms with E-state index < -0.39 is 0 Å². The van der Waals surface area contributed by atoms with Crippen LogP contribution in [0.1, 0.15) is 34.0 Å². The third-order valence-electron chi connectivity index (χ3n) is 7.25. The van der Waals surface area contributed by atoms with Crippen molar-refractivity contribution in [2.24, 2.45) is 0 Å². The van der Waals surface area contributed by atoms with Crippen LogP contribution in [0.2, 0.25) is 0 Å². The fraction of sp³-hybridized carbons (Fsp3) is 0.233. The number of rotatable bonds is 6. The third-order valence-corrected chi connectivity index (χ3v) is 8.41. The zero-order chi connectivity index (χ0) is 25.4. The largest absolute Gasteiger partial charge is 0.496 e. The van der Waals surface area contributed by atoms with Gasteiger partial charge in [0.1, 0.15) is 16.6 Å². The number of nitriles is 1. The molecule has 0 radical (unpaired) electrons. The first-order valence-corrected chi connectivity index (χ1v) is 13.2. The highest BCUT2D eigenvalue weighted by molar-refractivity contribution is 7.18. The summed E-state index contributed by atoms with van der Waals surface area (Å²) < 4.78 is 7.35. The van der Waals surface area contributed by atoms with E-state index in [1.54, 1.807) is 29.3 Å². The molecule has 0 fully saturated rings. The molecule has 37 heavy (non-hydrogen) atoms. The Morgan fingerprint density at radius 1 is 1.16 bits per heavy atom. The monoisotopic (exact) mass is 506 g/mol. The molecule has 0 saturated carbocycles. The van der Waals surface area contributed by atoms with Gasteiger partial charge in [-0.05, 0) is 47.2 Å². The maximum absolute atomic E-state index is 13.7. The van der Waals surface area contributed by atoms with Crippen molar-refractivity contribution in [2.45, 2.75) is 37.9 Å². The lowest BCUT2D eigenvalue weighted by molar-refractivity contribution is 0.409. The average molecular weight is 507 g/mol. The normalized spacial score (nSPS) is 15.8. The standard InChI is InChI=1S/C30H26N4O2S/c1-36-26-14-11-19-7-5-6-10-22(19)24(26)17-34-18-32-29-28(30(34)35)23-13-12-21(15-27(23)37-29)33-25(16-31)20-8-3-2-4-9-20/h2-11,14,18,21,25,33H,12-13,15,17H2,1H3. The van der Waals surface area contributed by atoms with E-state index in [0.29, 0.717) is 6.54 Å². The highest BCUT2D eigenvalue weighted by Crippen LogP contribution is 2.35. The van der Waals surface area contributed by atoms with Crippen LogP contribution >= 0.6 is 11.3 Å². The summed E-state index contributed by atoms with van der Waals surface area (Å²) in [6.07, 6.45) is 4.11. The maximum Gasteiger partial charge on any atom is 0.262 e. The van der Waals surface area contributed by atoms with Crippen LogP contribution in [-0.4, -0.2) is 22.7 Å². The molecule has 2 unspecified atom stereocenters. The Kier molecular flexibility index (Phi) is 6.21. The number of hydrogen-bond donors (Lipinski definition) is 1. The molecule has 0 bridgehead atoms. The fourth-order valence-corrected chi connectivity index (χ4v) is 6.64. The first-order chi connectivity index (χ1) is 18.2. The Hall–Kier alpha value is -3.99. The Labute approximate surface area is 218 Å². The van der Waals surface area contributed by atoms with E-state index in [9.17, 15) is 10.1 Å². The summed E-state index contributed by atoms with van der Waals surface area (Å²) >= 11 is 1.60. The van der Waals surface area contributed by atoms with Crippen LogP contribution in [0.5, 0.6) is 5.75 Å². The molecule has 2 atom stereocenters. The molecule has 6 rings (SSSR count). The van der Waals surface area contributed by atoms with Crippen molar-refractivity contribution in [1.82, 2.24) is 14.9 Å². The molecule has 184 valence electrons. The van der Waals surface area contributed by atoms with Crippen LogP contribution in [0.25, 0.3) is 21.0 Å². The Morgan fingerprint density at radius 3 is 2.78 bits per heavy atom. The van der Waals surface area contributed by atoms with Gasteiger partial charge in [0.15, 0.2) is 0 Å². The minimum absolute atomic E-state index is 0.0110. The van der Waals surface area contributed by atoms with E-state index in [-0.39, 0.29) is 17.6 Å². The third kappa shape index (κ3) is 4.29. The molecular weight excluding hydrogens is 480 g/mol. The van der Waals surface area contributed by atoms with E-state index >= 15 is 0 Å². The second-order valence-electron chi connectivity index (χ2n) is 9.41. The number of nitrogens with zero attached hydrogens (tertiary/aromatic N) is 3. The highest BCUT2D eigenvalue weighted by Gasteiger charge is 2.27. The number of hydrogen-bond acceptors (Lipinski definition) is 6. The minimum atomic E-state index is -0.354. The Bertz CT molecular complexity index is 1700. The molecule has 0 saturated heterocycles. The molecule has 5 aromatic rings. The van der Waals surface area contributed by atoms with E-state index in [1.807, 2.05) is 54.6 Å². The van der Waals surface area contributed by atoms with Gasteiger partial charge in [-0.1, -0.05) is 60.7 Å². The molecule has 2 aromatic heterocycles. The van der Waals surface area contributed by atoms with Crippen molar-refractivity contribution in [3.8, 4) is 11.8 Å². The SMILES string of the molecule is COc1ccc2ccccc2c1Cn1cnc2sc3c(c2c1=O)CCC(NC(C#N)c1ccccc1)C3. The summed E-state index contributed by atoms with van der Waals surface area (Å²) in [6.45, 7) is 0.391. The maximum atomic E-state index is 13.7. The lowest BCUT2D eigenvalue weighted by Gasteiger charge is -2.26. The number of nitrogens with one attached hydrogen (secondary N) is 1. The zero-order valence-electron chi connectivity index (χ0n) is 20.5. The molecule has 2 heterocycles. The predicted octanol–water partition coefficient (Wildman–Crippen LogP) is 5.38. The van der Waals surface area contributed by atoms with Crippen molar-refractivity contribution in [3.63, 3.8) is 0 Å². The minimum Gasteiger partial charge on any atom is -0.496 e. The van der Waals surface area contributed by atoms with Crippen LogP contribution in [0.4, 0.5) is 0 Å². The van der Waals surface area contributed by atoms with Crippen LogP contribution < -0.4 is 15.6 Å². The summed E-state index contributed by atoms with van der Waals surface area (Å²) in [5.41, 5.74) is 3.05.